The van der Waals surface area contributed by atoms with Crippen LogP contribution in [0.4, 0.5) is 5.95 Å². The monoisotopic (exact) mass is 344 g/mol. The van der Waals surface area contributed by atoms with Crippen LogP contribution in [0.3, 0.4) is 0 Å². The van der Waals surface area contributed by atoms with E-state index in [1.807, 2.05) is 54.7 Å². The van der Waals surface area contributed by atoms with Crippen molar-refractivity contribution >= 4 is 23.1 Å². The van der Waals surface area contributed by atoms with E-state index < -0.39 is 0 Å². The third-order valence-electron chi connectivity index (χ3n) is 3.93. The molecular weight excluding hydrogens is 328 g/mol. The standard InChI is InChI=1S/C19H16N6O/c1-26-18-9-5-3-7-15(18)17-12-22-25-19(23-17)24-21-11-13-10-20-16-8-4-2-6-14(13)16/h2-12,20H,1H3,(H,23,24,25). The number of hydrogen-bond donors (Lipinski definition) is 2. The van der Waals surface area contributed by atoms with Crippen LogP contribution in [0.1, 0.15) is 5.56 Å². The average molecular weight is 344 g/mol. The summed E-state index contributed by atoms with van der Waals surface area (Å²) in [5.41, 5.74) is 6.36. The summed E-state index contributed by atoms with van der Waals surface area (Å²) in [7, 11) is 1.62. The molecule has 26 heavy (non-hydrogen) atoms. The molecule has 0 bridgehead atoms. The molecule has 4 aromatic rings. The van der Waals surface area contributed by atoms with Crippen molar-refractivity contribution in [3.05, 3.63) is 66.5 Å². The van der Waals surface area contributed by atoms with Crippen molar-refractivity contribution in [1.82, 2.24) is 20.2 Å². The molecule has 2 aromatic heterocycles. The number of anilines is 1. The Labute approximate surface area is 149 Å². The maximum absolute atomic E-state index is 5.37. The maximum Gasteiger partial charge on any atom is 0.263 e. The first-order chi connectivity index (χ1) is 12.8. The maximum atomic E-state index is 5.37. The molecule has 0 radical (unpaired) electrons. The molecule has 4 rings (SSSR count). The Morgan fingerprint density at radius 1 is 1.12 bits per heavy atom. The van der Waals surface area contributed by atoms with Crippen LogP contribution in [-0.2, 0) is 0 Å². The van der Waals surface area contributed by atoms with Gasteiger partial charge in [0.2, 0.25) is 0 Å². The number of fused-ring (bicyclic) bond motifs is 1. The minimum absolute atomic E-state index is 0.310. The number of hydrazone groups is 1. The highest BCUT2D eigenvalue weighted by Gasteiger charge is 2.08. The molecule has 0 amide bonds. The number of aromatic amines is 1. The largest absolute Gasteiger partial charge is 0.496 e. The van der Waals surface area contributed by atoms with Crippen molar-refractivity contribution in [2.75, 3.05) is 12.5 Å². The van der Waals surface area contributed by atoms with Crippen molar-refractivity contribution in [3.63, 3.8) is 0 Å². The minimum Gasteiger partial charge on any atom is -0.496 e. The highest BCUT2D eigenvalue weighted by Crippen LogP contribution is 2.27. The zero-order valence-electron chi connectivity index (χ0n) is 14.0. The Hall–Kier alpha value is -3.74. The summed E-state index contributed by atoms with van der Waals surface area (Å²) in [6.45, 7) is 0. The van der Waals surface area contributed by atoms with Gasteiger partial charge in [0.15, 0.2) is 0 Å². The van der Waals surface area contributed by atoms with Crippen LogP contribution in [0.25, 0.3) is 22.2 Å². The molecule has 128 valence electrons. The number of benzene rings is 2. The van der Waals surface area contributed by atoms with Crippen molar-refractivity contribution in [3.8, 4) is 17.0 Å². The molecule has 0 aliphatic rings. The number of hydrogen-bond acceptors (Lipinski definition) is 6. The van der Waals surface area contributed by atoms with Gasteiger partial charge in [-0.3, -0.25) is 0 Å². The summed E-state index contributed by atoms with van der Waals surface area (Å²) < 4.78 is 5.37. The van der Waals surface area contributed by atoms with Gasteiger partial charge in [-0.2, -0.15) is 10.2 Å². The van der Waals surface area contributed by atoms with Gasteiger partial charge < -0.3 is 9.72 Å². The first-order valence-corrected chi connectivity index (χ1v) is 8.03. The van der Waals surface area contributed by atoms with Crippen molar-refractivity contribution < 1.29 is 4.74 Å². The van der Waals surface area contributed by atoms with Crippen molar-refractivity contribution in [2.45, 2.75) is 0 Å². The fourth-order valence-corrected chi connectivity index (χ4v) is 2.70. The second kappa shape index (κ2) is 7.02. The van der Waals surface area contributed by atoms with E-state index in [1.54, 1.807) is 19.5 Å². The zero-order chi connectivity index (χ0) is 17.8. The van der Waals surface area contributed by atoms with Crippen LogP contribution in [-0.4, -0.2) is 33.5 Å². The molecule has 0 saturated carbocycles. The third kappa shape index (κ3) is 3.10. The van der Waals surface area contributed by atoms with Gasteiger partial charge in [0.25, 0.3) is 5.95 Å². The number of H-pyrrole nitrogens is 1. The molecule has 2 aromatic carbocycles. The van der Waals surface area contributed by atoms with Crippen LogP contribution in [0.15, 0.2) is 66.0 Å². The van der Waals surface area contributed by atoms with Gasteiger partial charge in [0.05, 0.1) is 25.2 Å². The Bertz CT molecular complexity index is 1070. The van der Waals surface area contributed by atoms with Crippen molar-refractivity contribution in [2.24, 2.45) is 5.10 Å². The average Bonchev–Trinajstić information content (AvgIpc) is 3.11. The summed E-state index contributed by atoms with van der Waals surface area (Å²) in [5, 5.41) is 13.3. The molecule has 0 fully saturated rings. The SMILES string of the molecule is COc1ccccc1-c1cnnc(NN=Cc2c[nH]c3ccccc23)n1. The van der Waals surface area contributed by atoms with Crippen LogP contribution >= 0.6 is 0 Å². The van der Waals surface area contributed by atoms with E-state index in [0.29, 0.717) is 11.6 Å². The lowest BCUT2D eigenvalue weighted by molar-refractivity contribution is 0.416. The van der Waals surface area contributed by atoms with Crippen LogP contribution in [0.5, 0.6) is 5.75 Å². The summed E-state index contributed by atoms with van der Waals surface area (Å²) in [5.74, 6) is 1.03. The van der Waals surface area contributed by atoms with Gasteiger partial charge in [-0.1, -0.05) is 30.3 Å². The van der Waals surface area contributed by atoms with Gasteiger partial charge in [-0.15, -0.1) is 5.10 Å². The molecule has 0 atom stereocenters. The number of nitrogens with zero attached hydrogens (tertiary/aromatic N) is 4. The fourth-order valence-electron chi connectivity index (χ4n) is 2.70. The predicted octanol–water partition coefficient (Wildman–Crippen LogP) is 3.47. The second-order valence-corrected chi connectivity index (χ2v) is 5.53. The minimum atomic E-state index is 0.310. The molecule has 0 aliphatic carbocycles. The predicted molar refractivity (Wildman–Crippen MR) is 101 cm³/mol. The normalized spacial score (nSPS) is 11.1. The number of ether oxygens (including phenoxy) is 1. The summed E-state index contributed by atoms with van der Waals surface area (Å²) in [4.78, 5) is 7.65. The lowest BCUT2D eigenvalue weighted by Gasteiger charge is -2.07. The molecule has 7 heteroatoms. The zero-order valence-corrected chi connectivity index (χ0v) is 14.0. The summed E-state index contributed by atoms with van der Waals surface area (Å²) >= 11 is 0. The number of methoxy groups -OCH3 is 1. The van der Waals surface area contributed by atoms with Gasteiger partial charge in [0, 0.05) is 28.2 Å². The van der Waals surface area contributed by atoms with Crippen molar-refractivity contribution in [1.29, 1.82) is 0 Å². The highest BCUT2D eigenvalue weighted by atomic mass is 16.5. The Balaban J connectivity index is 1.56. The van der Waals surface area contributed by atoms with E-state index in [2.05, 4.69) is 30.7 Å². The topological polar surface area (TPSA) is 88.1 Å². The van der Waals surface area contributed by atoms with Gasteiger partial charge >= 0.3 is 0 Å². The highest BCUT2D eigenvalue weighted by molar-refractivity contribution is 5.99. The summed E-state index contributed by atoms with van der Waals surface area (Å²) in [6, 6.07) is 15.6. The van der Waals surface area contributed by atoms with Gasteiger partial charge in [-0.05, 0) is 18.2 Å². The fraction of sp³-hybridized carbons (Fsp3) is 0.0526. The lowest BCUT2D eigenvalue weighted by atomic mass is 10.1. The molecule has 2 N–H and O–H groups in total. The van der Waals surface area contributed by atoms with Gasteiger partial charge in [0.1, 0.15) is 5.75 Å². The Morgan fingerprint density at radius 2 is 1.96 bits per heavy atom. The van der Waals surface area contributed by atoms with E-state index in [-0.39, 0.29) is 0 Å². The molecular formula is C19H16N6O. The molecule has 0 aliphatic heterocycles. The Kier molecular flexibility index (Phi) is 4.26. The molecule has 0 saturated heterocycles. The Morgan fingerprint density at radius 3 is 2.88 bits per heavy atom. The molecule has 2 heterocycles. The van der Waals surface area contributed by atoms with E-state index >= 15 is 0 Å². The van der Waals surface area contributed by atoms with E-state index in [0.717, 1.165) is 27.8 Å². The first-order valence-electron chi connectivity index (χ1n) is 8.03. The van der Waals surface area contributed by atoms with Crippen LogP contribution < -0.4 is 10.2 Å². The van der Waals surface area contributed by atoms with Crippen LogP contribution in [0.2, 0.25) is 0 Å². The smallest absolute Gasteiger partial charge is 0.263 e. The number of aromatic nitrogens is 4. The molecule has 0 unspecified atom stereocenters. The van der Waals surface area contributed by atoms with E-state index in [9.17, 15) is 0 Å². The molecule has 0 spiro atoms. The quantitative estimate of drug-likeness (QED) is 0.427. The lowest BCUT2D eigenvalue weighted by Crippen LogP contribution is -2.00. The van der Waals surface area contributed by atoms with E-state index in [4.69, 9.17) is 4.74 Å². The first kappa shape index (κ1) is 15.8. The number of rotatable bonds is 5. The number of nitrogens with one attached hydrogen (secondary N) is 2. The van der Waals surface area contributed by atoms with Gasteiger partial charge in [-0.25, -0.2) is 10.4 Å². The molecule has 7 nitrogen and oxygen atoms in total. The third-order valence-corrected chi connectivity index (χ3v) is 3.93. The number of para-hydroxylation sites is 2. The second-order valence-electron chi connectivity index (χ2n) is 5.53. The van der Waals surface area contributed by atoms with E-state index in [1.165, 1.54) is 0 Å². The summed E-state index contributed by atoms with van der Waals surface area (Å²) in [6.07, 6.45) is 5.21. The van der Waals surface area contributed by atoms with Crippen LogP contribution in [0, 0.1) is 0 Å².